The first-order chi connectivity index (χ1) is 20.5. The first-order valence-corrected chi connectivity index (χ1v) is 13.8. The highest BCUT2D eigenvalue weighted by Gasteiger charge is 2.41. The first-order valence-electron chi connectivity index (χ1n) is 13.4. The van der Waals surface area contributed by atoms with Gasteiger partial charge < -0.3 is 19.8 Å². The number of halogens is 2. The van der Waals surface area contributed by atoms with Gasteiger partial charge in [-0.2, -0.15) is 0 Å². The summed E-state index contributed by atoms with van der Waals surface area (Å²) in [5.74, 6) is 0.195. The third-order valence-corrected chi connectivity index (χ3v) is 7.93. The van der Waals surface area contributed by atoms with Crippen LogP contribution in [0.5, 0.6) is 11.5 Å². The molecule has 0 saturated heterocycles. The van der Waals surface area contributed by atoms with E-state index >= 15 is 4.39 Å². The fraction of sp³-hybridized carbons (Fsp3) is 0.0571. The van der Waals surface area contributed by atoms with Gasteiger partial charge in [0.25, 0.3) is 5.91 Å². The molecular weight excluding hydrogens is 551 g/mol. The number of hydrogen-bond donors (Lipinski definition) is 2. The minimum atomic E-state index is -1.36. The second-order valence-electron chi connectivity index (χ2n) is 10.1. The van der Waals surface area contributed by atoms with Crippen molar-refractivity contribution in [1.29, 1.82) is 0 Å². The molecule has 0 bridgehead atoms. The Morgan fingerprint density at radius 1 is 0.929 bits per heavy atom. The predicted octanol–water partition coefficient (Wildman–Crippen LogP) is 8.72. The van der Waals surface area contributed by atoms with Crippen molar-refractivity contribution in [2.24, 2.45) is 0 Å². The average molecular weight is 575 g/mol. The summed E-state index contributed by atoms with van der Waals surface area (Å²) in [7, 11) is 1.59. The number of carbonyl (C=O) groups excluding carboxylic acids is 1. The molecule has 5 nitrogen and oxygen atoms in total. The SMILES string of the molecule is COc1ccc(C2(c3ccccc3F)C=Cc3c(c(C(=O)Nc4ccc(Cl)cc4)cc4c3[nH]c3ccccc34)O2)cc1. The lowest BCUT2D eigenvalue weighted by Gasteiger charge is -2.37. The summed E-state index contributed by atoms with van der Waals surface area (Å²) in [6.45, 7) is 0. The summed E-state index contributed by atoms with van der Waals surface area (Å²) in [5.41, 5.74) is 2.98. The van der Waals surface area contributed by atoms with Crippen molar-refractivity contribution in [2.75, 3.05) is 12.4 Å². The van der Waals surface area contributed by atoms with Crippen LogP contribution in [0.15, 0.2) is 109 Å². The van der Waals surface area contributed by atoms with Gasteiger partial charge >= 0.3 is 0 Å². The third-order valence-electron chi connectivity index (χ3n) is 7.68. The molecule has 206 valence electrons. The van der Waals surface area contributed by atoms with Gasteiger partial charge in [-0.1, -0.05) is 60.1 Å². The number of anilines is 1. The smallest absolute Gasteiger partial charge is 0.259 e. The van der Waals surface area contributed by atoms with Crippen molar-refractivity contribution in [2.45, 2.75) is 5.60 Å². The molecule has 2 heterocycles. The number of methoxy groups -OCH3 is 1. The number of rotatable bonds is 5. The third kappa shape index (κ3) is 4.19. The van der Waals surface area contributed by atoms with Crippen LogP contribution >= 0.6 is 11.6 Å². The molecule has 1 amide bonds. The molecule has 0 saturated carbocycles. The first kappa shape index (κ1) is 25.9. The standard InChI is InChI=1S/C35H24ClFN2O3/c1-41-24-16-10-21(11-17-24)35(29-7-3-4-8-30(29)37)19-18-26-32-27(25-6-2-5-9-31(25)39-32)20-28(33(26)42-35)34(40)38-23-14-12-22(36)13-15-23/h2-20,39H,1H3,(H,38,40). The lowest BCUT2D eigenvalue weighted by Crippen LogP contribution is -2.36. The quantitative estimate of drug-likeness (QED) is 0.216. The highest BCUT2D eigenvalue weighted by Crippen LogP contribution is 2.47. The van der Waals surface area contributed by atoms with Gasteiger partial charge in [0.05, 0.1) is 18.2 Å². The van der Waals surface area contributed by atoms with Crippen molar-refractivity contribution >= 4 is 51.1 Å². The molecule has 0 radical (unpaired) electrons. The number of aromatic nitrogens is 1. The van der Waals surface area contributed by atoms with Crippen LogP contribution in [-0.2, 0) is 5.60 Å². The second-order valence-corrected chi connectivity index (χ2v) is 10.5. The van der Waals surface area contributed by atoms with E-state index in [-0.39, 0.29) is 5.91 Å². The number of carbonyl (C=O) groups is 1. The normalized spacial score (nSPS) is 15.8. The fourth-order valence-corrected chi connectivity index (χ4v) is 5.74. The van der Waals surface area contributed by atoms with Crippen LogP contribution < -0.4 is 14.8 Å². The van der Waals surface area contributed by atoms with Crippen LogP contribution in [-0.4, -0.2) is 18.0 Å². The summed E-state index contributed by atoms with van der Waals surface area (Å²) in [5, 5.41) is 5.39. The highest BCUT2D eigenvalue weighted by atomic mass is 35.5. The van der Waals surface area contributed by atoms with E-state index in [0.717, 1.165) is 21.8 Å². The minimum Gasteiger partial charge on any atom is -0.497 e. The molecule has 7 rings (SSSR count). The van der Waals surface area contributed by atoms with Gasteiger partial charge in [-0.05, 0) is 66.7 Å². The number of H-pyrrole nitrogens is 1. The molecule has 1 aliphatic rings. The fourth-order valence-electron chi connectivity index (χ4n) is 5.62. The monoisotopic (exact) mass is 574 g/mol. The zero-order chi connectivity index (χ0) is 28.8. The number of para-hydroxylation sites is 1. The van der Waals surface area contributed by atoms with E-state index in [1.165, 1.54) is 6.07 Å². The van der Waals surface area contributed by atoms with E-state index in [9.17, 15) is 4.79 Å². The van der Waals surface area contributed by atoms with Crippen molar-refractivity contribution in [3.05, 3.63) is 142 Å². The van der Waals surface area contributed by atoms with E-state index < -0.39 is 11.4 Å². The van der Waals surface area contributed by atoms with Gasteiger partial charge in [0, 0.05) is 43.7 Å². The molecule has 1 atom stereocenters. The van der Waals surface area contributed by atoms with Crippen LogP contribution in [0.2, 0.25) is 5.02 Å². The predicted molar refractivity (Wildman–Crippen MR) is 165 cm³/mol. The Morgan fingerprint density at radius 3 is 2.43 bits per heavy atom. The maximum Gasteiger partial charge on any atom is 0.259 e. The Balaban J connectivity index is 1.47. The molecule has 5 aromatic carbocycles. The summed E-state index contributed by atoms with van der Waals surface area (Å²) in [4.78, 5) is 17.5. The van der Waals surface area contributed by atoms with E-state index in [1.54, 1.807) is 61.7 Å². The molecule has 7 heteroatoms. The van der Waals surface area contributed by atoms with Crippen LogP contribution in [0.25, 0.3) is 27.9 Å². The molecule has 42 heavy (non-hydrogen) atoms. The molecular formula is C35H24ClFN2O3. The average Bonchev–Trinajstić information content (AvgIpc) is 3.40. The van der Waals surface area contributed by atoms with Gasteiger partial charge in [-0.3, -0.25) is 4.79 Å². The van der Waals surface area contributed by atoms with Crippen molar-refractivity contribution in [3.63, 3.8) is 0 Å². The Morgan fingerprint density at radius 2 is 1.67 bits per heavy atom. The number of benzene rings is 5. The number of hydrogen-bond acceptors (Lipinski definition) is 3. The van der Waals surface area contributed by atoms with Crippen LogP contribution in [0, 0.1) is 5.82 Å². The molecule has 1 aromatic heterocycles. The number of amides is 1. The molecule has 0 spiro atoms. The Kier molecular flexibility index (Phi) is 6.21. The molecule has 2 N–H and O–H groups in total. The largest absolute Gasteiger partial charge is 0.497 e. The van der Waals surface area contributed by atoms with E-state index in [4.69, 9.17) is 21.1 Å². The van der Waals surface area contributed by atoms with E-state index in [1.807, 2.05) is 54.6 Å². The maximum absolute atomic E-state index is 15.6. The molecule has 1 aliphatic heterocycles. The number of aromatic amines is 1. The Hall–Kier alpha value is -5.07. The molecule has 0 fully saturated rings. The highest BCUT2D eigenvalue weighted by molar-refractivity contribution is 6.30. The Labute approximate surface area is 246 Å². The number of ether oxygens (including phenoxy) is 2. The lowest BCUT2D eigenvalue weighted by atomic mass is 9.82. The zero-order valence-corrected chi connectivity index (χ0v) is 23.2. The van der Waals surface area contributed by atoms with Gasteiger partial charge in [-0.15, -0.1) is 0 Å². The van der Waals surface area contributed by atoms with Crippen molar-refractivity contribution in [1.82, 2.24) is 4.98 Å². The van der Waals surface area contributed by atoms with Crippen LogP contribution in [0.1, 0.15) is 27.0 Å². The summed E-state index contributed by atoms with van der Waals surface area (Å²) < 4.78 is 27.8. The van der Waals surface area contributed by atoms with Crippen LogP contribution in [0.3, 0.4) is 0 Å². The van der Waals surface area contributed by atoms with Crippen molar-refractivity contribution < 1.29 is 18.7 Å². The number of nitrogens with one attached hydrogen (secondary N) is 2. The topological polar surface area (TPSA) is 63.3 Å². The zero-order valence-electron chi connectivity index (χ0n) is 22.5. The minimum absolute atomic E-state index is 0.316. The molecule has 0 aliphatic carbocycles. The van der Waals surface area contributed by atoms with Gasteiger partial charge in [0.2, 0.25) is 0 Å². The molecule has 6 aromatic rings. The lowest BCUT2D eigenvalue weighted by molar-refractivity contribution is 0.101. The van der Waals surface area contributed by atoms with Gasteiger partial charge in [0.15, 0.2) is 5.60 Å². The van der Waals surface area contributed by atoms with Crippen LogP contribution in [0.4, 0.5) is 10.1 Å². The van der Waals surface area contributed by atoms with E-state index in [0.29, 0.717) is 44.5 Å². The Bertz CT molecular complexity index is 2020. The van der Waals surface area contributed by atoms with Gasteiger partial charge in [-0.25, -0.2) is 4.39 Å². The molecule has 1 unspecified atom stereocenters. The van der Waals surface area contributed by atoms with E-state index in [2.05, 4.69) is 10.3 Å². The number of fused-ring (bicyclic) bond motifs is 5. The maximum atomic E-state index is 15.6. The summed E-state index contributed by atoms with van der Waals surface area (Å²) in [6.07, 6.45) is 3.76. The second kappa shape index (κ2) is 10.1. The van der Waals surface area contributed by atoms with Crippen molar-refractivity contribution in [3.8, 4) is 11.5 Å². The summed E-state index contributed by atoms with van der Waals surface area (Å²) in [6, 6.07) is 30.4. The summed E-state index contributed by atoms with van der Waals surface area (Å²) >= 11 is 6.07. The van der Waals surface area contributed by atoms with Gasteiger partial charge in [0.1, 0.15) is 17.3 Å².